The maximum atomic E-state index is 13.1. The summed E-state index contributed by atoms with van der Waals surface area (Å²) in [4.78, 5) is 21.3. The predicted molar refractivity (Wildman–Crippen MR) is 130 cm³/mol. The minimum absolute atomic E-state index is 0.0596. The van der Waals surface area contributed by atoms with E-state index in [4.69, 9.17) is 0 Å². The summed E-state index contributed by atoms with van der Waals surface area (Å²) in [7, 11) is 4.13. The lowest BCUT2D eigenvalue weighted by Gasteiger charge is -2.20. The first-order valence-corrected chi connectivity index (χ1v) is 11.1. The summed E-state index contributed by atoms with van der Waals surface area (Å²) in [5.41, 5.74) is 5.21. The van der Waals surface area contributed by atoms with Crippen LogP contribution in [0.2, 0.25) is 0 Å². The highest BCUT2D eigenvalue weighted by atomic mass is 16.2. The molecule has 1 fully saturated rings. The van der Waals surface area contributed by atoms with E-state index in [1.54, 1.807) is 12.4 Å². The van der Waals surface area contributed by atoms with Crippen LogP contribution in [0, 0.1) is 11.8 Å². The van der Waals surface area contributed by atoms with E-state index in [0.717, 1.165) is 47.1 Å². The number of H-pyrrole nitrogens is 1. The quantitative estimate of drug-likeness (QED) is 0.497. The Balaban J connectivity index is 1.45. The molecule has 3 heterocycles. The molecule has 33 heavy (non-hydrogen) atoms. The lowest BCUT2D eigenvalue weighted by Crippen LogP contribution is -2.34. The molecule has 4 aromatic rings. The van der Waals surface area contributed by atoms with Gasteiger partial charge >= 0.3 is 0 Å². The van der Waals surface area contributed by atoms with Gasteiger partial charge in [-0.2, -0.15) is 5.10 Å². The second kappa shape index (κ2) is 8.89. The molecule has 2 aromatic heterocycles. The van der Waals surface area contributed by atoms with Gasteiger partial charge < -0.3 is 9.80 Å². The summed E-state index contributed by atoms with van der Waals surface area (Å²) in [5, 5.41) is 8.27. The minimum atomic E-state index is 0.0596. The second-order valence-electron chi connectivity index (χ2n) is 8.52. The van der Waals surface area contributed by atoms with E-state index in [-0.39, 0.29) is 5.91 Å². The Bertz CT molecular complexity index is 1360. The number of aromatic amines is 1. The largest absolute Gasteiger partial charge is 0.337 e. The van der Waals surface area contributed by atoms with E-state index in [0.29, 0.717) is 17.3 Å². The van der Waals surface area contributed by atoms with Crippen molar-refractivity contribution in [2.75, 3.05) is 27.2 Å². The first kappa shape index (κ1) is 20.9. The lowest BCUT2D eigenvalue weighted by atomic mass is 10.0. The highest BCUT2D eigenvalue weighted by Crippen LogP contribution is 2.24. The maximum absolute atomic E-state index is 13.1. The molecule has 1 aliphatic heterocycles. The van der Waals surface area contributed by atoms with Gasteiger partial charge in [0, 0.05) is 48.0 Å². The number of hydrogen-bond donors (Lipinski definition) is 1. The molecular weight excluding hydrogens is 410 g/mol. The zero-order valence-corrected chi connectivity index (χ0v) is 18.7. The van der Waals surface area contributed by atoms with Crippen LogP contribution >= 0.6 is 0 Å². The van der Waals surface area contributed by atoms with Gasteiger partial charge in [-0.3, -0.25) is 14.9 Å². The van der Waals surface area contributed by atoms with Gasteiger partial charge in [-0.1, -0.05) is 24.1 Å². The number of likely N-dealkylation sites (tertiary alicyclic amines) is 1. The van der Waals surface area contributed by atoms with Crippen LogP contribution in [0.25, 0.3) is 22.0 Å². The van der Waals surface area contributed by atoms with Crippen LogP contribution in [0.4, 0.5) is 0 Å². The van der Waals surface area contributed by atoms with Gasteiger partial charge in [0.05, 0.1) is 5.52 Å². The summed E-state index contributed by atoms with van der Waals surface area (Å²) in [5.74, 6) is 6.58. The summed E-state index contributed by atoms with van der Waals surface area (Å²) < 4.78 is 0. The maximum Gasteiger partial charge on any atom is 0.253 e. The van der Waals surface area contributed by atoms with Gasteiger partial charge in [0.2, 0.25) is 0 Å². The van der Waals surface area contributed by atoms with Crippen molar-refractivity contribution in [3.05, 3.63) is 83.8 Å². The number of carbonyl (C=O) groups excluding carboxylic acids is 1. The summed E-state index contributed by atoms with van der Waals surface area (Å²) in [6.45, 7) is 1.54. The highest BCUT2D eigenvalue weighted by Gasteiger charge is 2.28. The van der Waals surface area contributed by atoms with Crippen molar-refractivity contribution in [2.45, 2.75) is 12.5 Å². The van der Waals surface area contributed by atoms with E-state index >= 15 is 0 Å². The third kappa shape index (κ3) is 4.23. The SMILES string of the molecule is CN(C)[C@H]1CCN(C(=O)c2ccc3n[nH]c(C#Cc4ccccc4-c4ccncc4)c3c2)C1. The zero-order chi connectivity index (χ0) is 22.8. The number of pyridine rings is 1. The molecule has 0 radical (unpaired) electrons. The summed E-state index contributed by atoms with van der Waals surface area (Å²) in [6, 6.07) is 18.0. The molecule has 2 aromatic carbocycles. The van der Waals surface area contributed by atoms with Gasteiger partial charge in [0.25, 0.3) is 5.91 Å². The van der Waals surface area contributed by atoms with Crippen molar-refractivity contribution in [3.63, 3.8) is 0 Å². The molecule has 5 rings (SSSR count). The molecule has 6 heteroatoms. The van der Waals surface area contributed by atoms with Crippen molar-refractivity contribution in [3.8, 4) is 23.0 Å². The Morgan fingerprint density at radius 2 is 1.91 bits per heavy atom. The molecule has 6 nitrogen and oxygen atoms in total. The average molecular weight is 436 g/mol. The number of carbonyl (C=O) groups is 1. The smallest absolute Gasteiger partial charge is 0.253 e. The van der Waals surface area contributed by atoms with Crippen LogP contribution in [0.1, 0.15) is 28.0 Å². The molecule has 1 saturated heterocycles. The van der Waals surface area contributed by atoms with Crippen molar-refractivity contribution in [1.29, 1.82) is 0 Å². The number of fused-ring (bicyclic) bond motifs is 1. The van der Waals surface area contributed by atoms with Gasteiger partial charge in [0.1, 0.15) is 5.69 Å². The fraction of sp³-hybridized carbons (Fsp3) is 0.222. The summed E-state index contributed by atoms with van der Waals surface area (Å²) >= 11 is 0. The molecule has 164 valence electrons. The topological polar surface area (TPSA) is 65.1 Å². The van der Waals surface area contributed by atoms with Crippen LogP contribution in [-0.2, 0) is 0 Å². The van der Waals surface area contributed by atoms with Gasteiger partial charge in [0.15, 0.2) is 0 Å². The van der Waals surface area contributed by atoms with Crippen molar-refractivity contribution in [2.24, 2.45) is 0 Å². The fourth-order valence-electron chi connectivity index (χ4n) is 4.27. The van der Waals surface area contributed by atoms with Crippen LogP contribution in [0.15, 0.2) is 67.0 Å². The number of rotatable bonds is 3. The van der Waals surface area contributed by atoms with Crippen molar-refractivity contribution < 1.29 is 4.79 Å². The monoisotopic (exact) mass is 435 g/mol. The van der Waals surface area contributed by atoms with Crippen LogP contribution in [0.5, 0.6) is 0 Å². The Kier molecular flexibility index (Phi) is 5.64. The van der Waals surface area contributed by atoms with Gasteiger partial charge in [-0.25, -0.2) is 0 Å². The normalized spacial score (nSPS) is 15.6. The van der Waals surface area contributed by atoms with Crippen LogP contribution < -0.4 is 0 Å². The summed E-state index contributed by atoms with van der Waals surface area (Å²) in [6.07, 6.45) is 4.56. The van der Waals surface area contributed by atoms with E-state index in [9.17, 15) is 4.79 Å². The first-order valence-electron chi connectivity index (χ1n) is 11.1. The zero-order valence-electron chi connectivity index (χ0n) is 18.7. The van der Waals surface area contributed by atoms with E-state index in [2.05, 4.69) is 52.1 Å². The van der Waals surface area contributed by atoms with E-state index in [1.165, 1.54) is 0 Å². The number of likely N-dealkylation sites (N-methyl/N-ethyl adjacent to an activating group) is 1. The molecule has 1 atom stereocenters. The molecular formula is C27H25N5O. The van der Waals surface area contributed by atoms with Gasteiger partial charge in [-0.15, -0.1) is 0 Å². The molecule has 1 aliphatic rings. The fourth-order valence-corrected chi connectivity index (χ4v) is 4.27. The first-order chi connectivity index (χ1) is 16.1. The number of hydrogen-bond acceptors (Lipinski definition) is 4. The minimum Gasteiger partial charge on any atom is -0.337 e. The lowest BCUT2D eigenvalue weighted by molar-refractivity contribution is 0.0783. The number of nitrogens with zero attached hydrogens (tertiary/aromatic N) is 4. The number of nitrogens with one attached hydrogen (secondary N) is 1. The van der Waals surface area contributed by atoms with E-state index in [1.807, 2.05) is 53.4 Å². The Morgan fingerprint density at radius 3 is 2.70 bits per heavy atom. The molecule has 1 N–H and O–H groups in total. The Morgan fingerprint density at radius 1 is 1.09 bits per heavy atom. The predicted octanol–water partition coefficient (Wildman–Crippen LogP) is 3.80. The van der Waals surface area contributed by atoms with Crippen molar-refractivity contribution >= 4 is 16.8 Å². The third-order valence-corrected chi connectivity index (χ3v) is 6.22. The second-order valence-corrected chi connectivity index (χ2v) is 8.52. The van der Waals surface area contributed by atoms with Crippen LogP contribution in [0.3, 0.4) is 0 Å². The highest BCUT2D eigenvalue weighted by molar-refractivity contribution is 5.99. The molecule has 0 saturated carbocycles. The molecule has 0 spiro atoms. The van der Waals surface area contributed by atoms with Crippen molar-refractivity contribution in [1.82, 2.24) is 25.0 Å². The number of aromatic nitrogens is 3. The number of amides is 1. The average Bonchev–Trinajstić information content (AvgIpc) is 3.50. The third-order valence-electron chi connectivity index (χ3n) is 6.22. The van der Waals surface area contributed by atoms with E-state index < -0.39 is 0 Å². The molecule has 1 amide bonds. The Hall–Kier alpha value is -3.95. The molecule has 0 unspecified atom stereocenters. The number of benzene rings is 2. The molecule has 0 aliphatic carbocycles. The Labute approximate surface area is 193 Å². The van der Waals surface area contributed by atoms with Crippen LogP contribution in [-0.4, -0.2) is 64.1 Å². The van der Waals surface area contributed by atoms with Gasteiger partial charge in [-0.05, 0) is 74.0 Å². The standard InChI is InChI=1S/C27H25N5O/c1-31(2)22-13-16-32(18-22)27(33)21-8-10-26-24(17-21)25(29-30-26)9-7-19-5-3-4-6-23(19)20-11-14-28-15-12-20/h3-6,8,10-12,14-15,17,22H,13,16,18H2,1-2H3,(H,29,30)/t22-/m0/s1. The molecule has 0 bridgehead atoms.